The highest BCUT2D eigenvalue weighted by Gasteiger charge is 2.41. The second kappa shape index (κ2) is 9.17. The number of thioether (sulfide) groups is 1. The number of amides is 1. The normalized spacial score (nSPS) is 14.9. The zero-order valence-corrected chi connectivity index (χ0v) is 21.6. The molecule has 8 heteroatoms. The SMILES string of the molecule is CSc1nc2oc(-c3ccc(C4(NC(=O)OC(C)(C)C)CCC4)cc3)c(-c3ccccc3)c2c(=O)[nH]1. The van der Waals surface area contributed by atoms with E-state index < -0.39 is 17.2 Å². The van der Waals surface area contributed by atoms with Crippen LogP contribution in [0.4, 0.5) is 4.79 Å². The number of alkyl carbamates (subject to hydrolysis) is 1. The second-order valence-corrected chi connectivity index (χ2v) is 10.9. The summed E-state index contributed by atoms with van der Waals surface area (Å²) >= 11 is 1.35. The van der Waals surface area contributed by atoms with Gasteiger partial charge in [-0.25, -0.2) is 4.79 Å². The predicted octanol–water partition coefficient (Wildman–Crippen LogP) is 6.48. The van der Waals surface area contributed by atoms with Crippen LogP contribution in [0.5, 0.6) is 0 Å². The third-order valence-corrected chi connectivity index (χ3v) is 7.02. The number of hydrogen-bond donors (Lipinski definition) is 2. The molecule has 2 aromatic heterocycles. The van der Waals surface area contributed by atoms with Gasteiger partial charge in [-0.15, -0.1) is 0 Å². The van der Waals surface area contributed by atoms with E-state index in [1.54, 1.807) is 0 Å². The van der Waals surface area contributed by atoms with Gasteiger partial charge < -0.3 is 19.5 Å². The molecule has 0 unspecified atom stereocenters. The van der Waals surface area contributed by atoms with Gasteiger partial charge in [-0.05, 0) is 57.4 Å². The monoisotopic (exact) mass is 503 g/mol. The van der Waals surface area contributed by atoms with Crippen molar-refractivity contribution in [1.82, 2.24) is 15.3 Å². The molecule has 1 fully saturated rings. The quantitative estimate of drug-likeness (QED) is 0.239. The third-order valence-electron chi connectivity index (χ3n) is 6.44. The fourth-order valence-corrected chi connectivity index (χ4v) is 4.99. The summed E-state index contributed by atoms with van der Waals surface area (Å²) in [5.74, 6) is 0.585. The van der Waals surface area contributed by atoms with E-state index in [4.69, 9.17) is 9.15 Å². The molecule has 1 aliphatic rings. The van der Waals surface area contributed by atoms with Crippen molar-refractivity contribution in [2.75, 3.05) is 6.26 Å². The summed E-state index contributed by atoms with van der Waals surface area (Å²) in [5, 5.41) is 4.03. The van der Waals surface area contributed by atoms with Crippen LogP contribution in [0.2, 0.25) is 0 Å². The summed E-state index contributed by atoms with van der Waals surface area (Å²) in [4.78, 5) is 32.9. The number of aromatic amines is 1. The van der Waals surface area contributed by atoms with Crippen LogP contribution in [0.15, 0.2) is 69.0 Å². The lowest BCUT2D eigenvalue weighted by Crippen LogP contribution is -2.52. The van der Waals surface area contributed by atoms with Gasteiger partial charge in [0, 0.05) is 11.1 Å². The number of rotatable bonds is 5. The van der Waals surface area contributed by atoms with Gasteiger partial charge in [0.15, 0.2) is 5.16 Å². The Balaban J connectivity index is 1.56. The van der Waals surface area contributed by atoms with E-state index in [0.717, 1.165) is 36.0 Å². The number of aromatic nitrogens is 2. The lowest BCUT2D eigenvalue weighted by atomic mass is 9.71. The standard InChI is InChI=1S/C28H29N3O4S/c1-27(2,3)35-26(33)31-28(15-8-16-28)19-13-11-18(12-14-19)22-20(17-9-6-5-7-10-17)21-23(32)29-25(36-4)30-24(21)34-22/h5-7,9-14H,8,15-16H2,1-4H3,(H,31,33)(H,29,30,32). The van der Waals surface area contributed by atoms with Crippen LogP contribution in [0.25, 0.3) is 33.6 Å². The van der Waals surface area contributed by atoms with E-state index in [2.05, 4.69) is 15.3 Å². The fourth-order valence-electron chi connectivity index (χ4n) is 4.62. The zero-order valence-electron chi connectivity index (χ0n) is 20.8. The van der Waals surface area contributed by atoms with Crippen LogP contribution in [0, 0.1) is 0 Å². The highest BCUT2D eigenvalue weighted by atomic mass is 32.2. The number of ether oxygens (including phenoxy) is 1. The van der Waals surface area contributed by atoms with E-state index in [-0.39, 0.29) is 5.56 Å². The smallest absolute Gasteiger partial charge is 0.408 e. The molecule has 1 saturated carbocycles. The van der Waals surface area contributed by atoms with Crippen LogP contribution >= 0.6 is 11.8 Å². The molecule has 1 aliphatic carbocycles. The summed E-state index contributed by atoms with van der Waals surface area (Å²) in [6.07, 6.45) is 4.17. The molecular formula is C28H29N3O4S. The summed E-state index contributed by atoms with van der Waals surface area (Å²) in [6, 6.07) is 17.7. The Hall–Kier alpha value is -3.52. The molecule has 5 rings (SSSR count). The third kappa shape index (κ3) is 4.53. The summed E-state index contributed by atoms with van der Waals surface area (Å²) in [5.41, 5.74) is 2.51. The second-order valence-electron chi connectivity index (χ2n) is 10.1. The van der Waals surface area contributed by atoms with Gasteiger partial charge in [-0.3, -0.25) is 4.79 Å². The number of hydrogen-bond acceptors (Lipinski definition) is 6. The Bertz CT molecular complexity index is 1460. The molecule has 0 spiro atoms. The minimum absolute atomic E-state index is 0.232. The number of nitrogens with one attached hydrogen (secondary N) is 2. The lowest BCUT2D eigenvalue weighted by Gasteiger charge is -2.43. The van der Waals surface area contributed by atoms with Crippen molar-refractivity contribution in [3.8, 4) is 22.5 Å². The van der Waals surface area contributed by atoms with Crippen molar-refractivity contribution in [1.29, 1.82) is 0 Å². The van der Waals surface area contributed by atoms with E-state index in [0.29, 0.717) is 27.6 Å². The number of benzene rings is 2. The van der Waals surface area contributed by atoms with Crippen molar-refractivity contribution in [3.05, 3.63) is 70.5 Å². The first-order chi connectivity index (χ1) is 17.2. The molecule has 4 aromatic rings. The molecule has 186 valence electrons. The van der Waals surface area contributed by atoms with E-state index in [9.17, 15) is 9.59 Å². The summed E-state index contributed by atoms with van der Waals surface area (Å²) in [7, 11) is 0. The molecule has 7 nitrogen and oxygen atoms in total. The Morgan fingerprint density at radius 2 is 1.78 bits per heavy atom. The highest BCUT2D eigenvalue weighted by Crippen LogP contribution is 2.43. The number of nitrogens with zero attached hydrogens (tertiary/aromatic N) is 1. The zero-order chi connectivity index (χ0) is 25.5. The van der Waals surface area contributed by atoms with Crippen LogP contribution in [0.1, 0.15) is 45.6 Å². The molecule has 2 heterocycles. The molecule has 0 saturated heterocycles. The Morgan fingerprint density at radius 3 is 2.36 bits per heavy atom. The number of furan rings is 1. The topological polar surface area (TPSA) is 97.2 Å². The molecule has 1 amide bonds. The maximum absolute atomic E-state index is 13.0. The van der Waals surface area contributed by atoms with Crippen molar-refractivity contribution in [3.63, 3.8) is 0 Å². The van der Waals surface area contributed by atoms with E-state index in [1.807, 2.05) is 81.6 Å². The average Bonchev–Trinajstić information content (AvgIpc) is 3.21. The molecule has 0 bridgehead atoms. The number of H-pyrrole nitrogens is 1. The van der Waals surface area contributed by atoms with E-state index >= 15 is 0 Å². The van der Waals surface area contributed by atoms with Crippen LogP contribution in [0.3, 0.4) is 0 Å². The number of carbonyl (C=O) groups is 1. The van der Waals surface area contributed by atoms with Gasteiger partial charge in [-0.1, -0.05) is 66.4 Å². The van der Waals surface area contributed by atoms with E-state index in [1.165, 1.54) is 11.8 Å². The first kappa shape index (κ1) is 24.2. The molecule has 0 aliphatic heterocycles. The minimum Gasteiger partial charge on any atom is -0.444 e. The lowest BCUT2D eigenvalue weighted by molar-refractivity contribution is 0.0377. The molecular weight excluding hydrogens is 474 g/mol. The van der Waals surface area contributed by atoms with Gasteiger partial charge in [0.2, 0.25) is 5.71 Å². The van der Waals surface area contributed by atoms with Crippen molar-refractivity contribution >= 4 is 29.0 Å². The maximum atomic E-state index is 13.0. The van der Waals surface area contributed by atoms with Crippen molar-refractivity contribution < 1.29 is 13.9 Å². The van der Waals surface area contributed by atoms with Gasteiger partial charge in [0.05, 0.1) is 5.54 Å². The summed E-state index contributed by atoms with van der Waals surface area (Å²) < 4.78 is 11.7. The highest BCUT2D eigenvalue weighted by molar-refractivity contribution is 7.98. The molecule has 2 N–H and O–H groups in total. The maximum Gasteiger partial charge on any atom is 0.408 e. The molecule has 0 radical (unpaired) electrons. The Labute approximate surface area is 213 Å². The molecule has 0 atom stereocenters. The van der Waals surface area contributed by atoms with Crippen LogP contribution in [-0.4, -0.2) is 27.9 Å². The summed E-state index contributed by atoms with van der Waals surface area (Å²) in [6.45, 7) is 5.57. The van der Waals surface area contributed by atoms with Crippen molar-refractivity contribution in [2.24, 2.45) is 0 Å². The Morgan fingerprint density at radius 1 is 1.08 bits per heavy atom. The van der Waals surface area contributed by atoms with Crippen LogP contribution < -0.4 is 10.9 Å². The molecule has 2 aromatic carbocycles. The first-order valence-corrected chi connectivity index (χ1v) is 13.2. The minimum atomic E-state index is -0.559. The van der Waals surface area contributed by atoms with Gasteiger partial charge >= 0.3 is 6.09 Å². The first-order valence-electron chi connectivity index (χ1n) is 12.0. The number of carbonyl (C=O) groups excluding carboxylic acids is 1. The van der Waals surface area contributed by atoms with Gasteiger partial charge in [0.1, 0.15) is 16.7 Å². The van der Waals surface area contributed by atoms with Gasteiger partial charge in [-0.2, -0.15) is 4.98 Å². The van der Waals surface area contributed by atoms with Crippen molar-refractivity contribution in [2.45, 2.75) is 56.3 Å². The van der Waals surface area contributed by atoms with Gasteiger partial charge in [0.25, 0.3) is 5.56 Å². The Kier molecular flexibility index (Phi) is 6.16. The number of fused-ring (bicyclic) bond motifs is 1. The predicted molar refractivity (Wildman–Crippen MR) is 142 cm³/mol. The van der Waals surface area contributed by atoms with Crippen LogP contribution in [-0.2, 0) is 10.3 Å². The fraction of sp³-hybridized carbons (Fsp3) is 0.321. The largest absolute Gasteiger partial charge is 0.444 e. The average molecular weight is 504 g/mol. The molecule has 36 heavy (non-hydrogen) atoms.